The third-order valence-corrected chi connectivity index (χ3v) is 1.78. The first-order chi connectivity index (χ1) is 7.63. The normalized spacial score (nSPS) is 12.4. The smallest absolute Gasteiger partial charge is 0.573 e. The summed E-state index contributed by atoms with van der Waals surface area (Å²) < 4.78 is 56.9. The fourth-order valence-corrected chi connectivity index (χ4v) is 0.959. The second-order valence-corrected chi connectivity index (χ2v) is 3.53. The Morgan fingerprint density at radius 1 is 1.35 bits per heavy atom. The molecule has 0 aromatic heterocycles. The quantitative estimate of drug-likeness (QED) is 0.792. The molecule has 1 atom stereocenters. The molecule has 1 aromatic carbocycles. The first kappa shape index (κ1) is 15.9. The molecule has 0 amide bonds. The van der Waals surface area contributed by atoms with E-state index >= 15 is 0 Å². The molecule has 0 saturated carbocycles. The van der Waals surface area contributed by atoms with Crippen molar-refractivity contribution in [3.8, 4) is 5.75 Å². The molecule has 0 aliphatic heterocycles. The Hall–Kier alpha value is -1.12. The molecule has 1 aromatic rings. The third-order valence-electron chi connectivity index (χ3n) is 1.78. The SMILES string of the molecule is Cc1cccc(OC(F)(F)F)c1C.NS(=O)[O-]. The van der Waals surface area contributed by atoms with Crippen molar-refractivity contribution in [1.29, 1.82) is 0 Å². The summed E-state index contributed by atoms with van der Waals surface area (Å²) in [5.74, 6) is -0.132. The maximum Gasteiger partial charge on any atom is 0.573 e. The molecule has 0 radical (unpaired) electrons. The van der Waals surface area contributed by atoms with E-state index in [1.165, 1.54) is 12.1 Å². The second-order valence-electron chi connectivity index (χ2n) is 3.01. The van der Waals surface area contributed by atoms with Gasteiger partial charge < -0.3 is 9.29 Å². The van der Waals surface area contributed by atoms with Crippen LogP contribution in [-0.2, 0) is 11.3 Å². The molecule has 0 aliphatic rings. The molecule has 0 heterocycles. The van der Waals surface area contributed by atoms with Crippen LogP contribution in [-0.4, -0.2) is 15.1 Å². The summed E-state index contributed by atoms with van der Waals surface area (Å²) in [7, 11) is 0. The molecule has 98 valence electrons. The van der Waals surface area contributed by atoms with Crippen LogP contribution in [0.4, 0.5) is 13.2 Å². The van der Waals surface area contributed by atoms with Gasteiger partial charge in [0.1, 0.15) is 5.75 Å². The van der Waals surface area contributed by atoms with Crippen molar-refractivity contribution in [2.24, 2.45) is 5.14 Å². The minimum Gasteiger partial charge on any atom is -0.760 e. The van der Waals surface area contributed by atoms with Crippen molar-refractivity contribution in [1.82, 2.24) is 0 Å². The van der Waals surface area contributed by atoms with Gasteiger partial charge in [0.05, 0.1) is 0 Å². The van der Waals surface area contributed by atoms with Crippen LogP contribution < -0.4 is 9.88 Å². The zero-order valence-corrected chi connectivity index (χ0v) is 9.89. The number of hydrogen-bond acceptors (Lipinski definition) is 3. The zero-order chi connectivity index (χ0) is 13.6. The third kappa shape index (κ3) is 7.72. The lowest BCUT2D eigenvalue weighted by molar-refractivity contribution is -0.274. The maximum atomic E-state index is 11.8. The number of halogens is 3. The van der Waals surface area contributed by atoms with Gasteiger partial charge in [-0.15, -0.1) is 13.2 Å². The van der Waals surface area contributed by atoms with E-state index < -0.39 is 17.6 Å². The highest BCUT2D eigenvalue weighted by atomic mass is 32.2. The topological polar surface area (TPSA) is 75.4 Å². The highest BCUT2D eigenvalue weighted by Crippen LogP contribution is 2.27. The first-order valence-corrected chi connectivity index (χ1v) is 5.43. The molecule has 1 rings (SSSR count). The number of hydrogen-bond donors (Lipinski definition) is 1. The number of nitrogens with two attached hydrogens (primary N) is 1. The summed E-state index contributed by atoms with van der Waals surface area (Å²) in [5, 5.41) is 4.03. The summed E-state index contributed by atoms with van der Waals surface area (Å²) >= 11 is -2.36. The molecular weight excluding hydrogens is 259 g/mol. The zero-order valence-electron chi connectivity index (χ0n) is 9.08. The van der Waals surface area contributed by atoms with Crippen molar-refractivity contribution >= 4 is 11.3 Å². The van der Waals surface area contributed by atoms with Crippen LogP contribution in [0.25, 0.3) is 0 Å². The van der Waals surface area contributed by atoms with Gasteiger partial charge in [-0.3, -0.25) is 9.35 Å². The van der Waals surface area contributed by atoms with E-state index in [2.05, 4.69) is 9.88 Å². The lowest BCUT2D eigenvalue weighted by Crippen LogP contribution is -2.17. The molecule has 8 heteroatoms. The van der Waals surface area contributed by atoms with Crippen LogP contribution in [0, 0.1) is 13.8 Å². The predicted octanol–water partition coefficient (Wildman–Crippen LogP) is 1.94. The Kier molecular flexibility index (Phi) is 6.14. The van der Waals surface area contributed by atoms with Crippen molar-refractivity contribution < 1.29 is 26.7 Å². The van der Waals surface area contributed by atoms with Crippen LogP contribution in [0.2, 0.25) is 0 Å². The van der Waals surface area contributed by atoms with Gasteiger partial charge in [-0.1, -0.05) is 12.1 Å². The summed E-state index contributed by atoms with van der Waals surface area (Å²) in [6.45, 7) is 3.33. The van der Waals surface area contributed by atoms with Gasteiger partial charge in [-0.05, 0) is 31.0 Å². The van der Waals surface area contributed by atoms with Gasteiger partial charge in [-0.25, -0.2) is 0 Å². The Labute approximate surface area is 99.0 Å². The number of rotatable bonds is 1. The first-order valence-electron chi connectivity index (χ1n) is 4.29. The fourth-order valence-electron chi connectivity index (χ4n) is 0.959. The van der Waals surface area contributed by atoms with Gasteiger partial charge in [0.25, 0.3) is 0 Å². The van der Waals surface area contributed by atoms with Crippen LogP contribution in [0.5, 0.6) is 5.75 Å². The van der Waals surface area contributed by atoms with E-state index in [0.29, 0.717) is 5.56 Å². The van der Waals surface area contributed by atoms with Gasteiger partial charge in [0.2, 0.25) is 0 Å². The number of ether oxygens (including phenoxy) is 1. The molecule has 0 aliphatic carbocycles. The number of aryl methyl sites for hydroxylation is 1. The van der Waals surface area contributed by atoms with Crippen molar-refractivity contribution in [3.05, 3.63) is 29.3 Å². The Morgan fingerprint density at radius 3 is 2.24 bits per heavy atom. The van der Waals surface area contributed by atoms with Crippen molar-refractivity contribution in [2.75, 3.05) is 0 Å². The molecule has 0 bridgehead atoms. The standard InChI is InChI=1S/C9H9F3O.H3NO2S/c1-6-4-3-5-8(7(6)2)13-9(10,11)12;1-4(2)3/h3-5H,1-2H3;1H2,(H,2,3)/p-1. The van der Waals surface area contributed by atoms with Gasteiger partial charge >= 0.3 is 6.36 Å². The molecule has 1 unspecified atom stereocenters. The molecule has 2 N–H and O–H groups in total. The Morgan fingerprint density at radius 2 is 1.82 bits per heavy atom. The molecule has 4 nitrogen and oxygen atoms in total. The Bertz CT molecular complexity index is 392. The number of alkyl halides is 3. The molecule has 0 saturated heterocycles. The van der Waals surface area contributed by atoms with Crippen LogP contribution in [0.1, 0.15) is 11.1 Å². The highest BCUT2D eigenvalue weighted by molar-refractivity contribution is 7.76. The Balaban J connectivity index is 0.000000557. The summed E-state index contributed by atoms with van der Waals surface area (Å²) in [4.78, 5) is 0. The summed E-state index contributed by atoms with van der Waals surface area (Å²) in [5.41, 5.74) is 1.29. The molecule has 0 spiro atoms. The monoisotopic (exact) mass is 270 g/mol. The van der Waals surface area contributed by atoms with E-state index in [1.807, 2.05) is 0 Å². The van der Waals surface area contributed by atoms with Crippen LogP contribution in [0.15, 0.2) is 18.2 Å². The average molecular weight is 270 g/mol. The van der Waals surface area contributed by atoms with Crippen LogP contribution in [0.3, 0.4) is 0 Å². The highest BCUT2D eigenvalue weighted by Gasteiger charge is 2.31. The molecule has 17 heavy (non-hydrogen) atoms. The molecule has 0 fully saturated rings. The largest absolute Gasteiger partial charge is 0.760 e. The van der Waals surface area contributed by atoms with E-state index in [9.17, 15) is 13.2 Å². The average Bonchev–Trinajstić information content (AvgIpc) is 2.10. The van der Waals surface area contributed by atoms with E-state index in [1.54, 1.807) is 19.9 Å². The number of benzene rings is 1. The molecular formula is C9H11F3NO3S-. The van der Waals surface area contributed by atoms with Crippen LogP contribution >= 0.6 is 0 Å². The van der Waals surface area contributed by atoms with Crippen molar-refractivity contribution in [3.63, 3.8) is 0 Å². The minimum absolute atomic E-state index is 0.132. The van der Waals surface area contributed by atoms with Gasteiger partial charge in [-0.2, -0.15) is 0 Å². The van der Waals surface area contributed by atoms with E-state index in [-0.39, 0.29) is 5.75 Å². The lowest BCUT2D eigenvalue weighted by Gasteiger charge is -2.12. The minimum atomic E-state index is -4.61. The van der Waals surface area contributed by atoms with Gasteiger partial charge in [0, 0.05) is 11.3 Å². The van der Waals surface area contributed by atoms with Crippen molar-refractivity contribution in [2.45, 2.75) is 20.2 Å². The summed E-state index contributed by atoms with van der Waals surface area (Å²) in [6.07, 6.45) is -4.61. The summed E-state index contributed by atoms with van der Waals surface area (Å²) in [6, 6.07) is 4.57. The van der Waals surface area contributed by atoms with Gasteiger partial charge in [0.15, 0.2) is 0 Å². The fraction of sp³-hybridized carbons (Fsp3) is 0.333. The van der Waals surface area contributed by atoms with E-state index in [0.717, 1.165) is 5.56 Å². The maximum absolute atomic E-state index is 11.8. The lowest BCUT2D eigenvalue weighted by atomic mass is 10.1. The predicted molar refractivity (Wildman–Crippen MR) is 55.7 cm³/mol. The second kappa shape index (κ2) is 6.58. The van der Waals surface area contributed by atoms with E-state index in [4.69, 9.17) is 8.76 Å².